The number of benzene rings is 1. The maximum Gasteiger partial charge on any atom is 0.138 e. The van der Waals surface area contributed by atoms with Gasteiger partial charge in [-0.3, -0.25) is 0 Å². The van der Waals surface area contributed by atoms with E-state index in [-0.39, 0.29) is 0 Å². The standard InChI is InChI=1S/C14H13N3S/c1-2-15-13-12-11(10-6-4-3-5-7-10)8-18-14(12)17-9-16-13/h3-9H,2H2,1H3,(H,15,16,17). The summed E-state index contributed by atoms with van der Waals surface area (Å²) in [5.74, 6) is 0.919. The van der Waals surface area contributed by atoms with Gasteiger partial charge in [-0.25, -0.2) is 9.97 Å². The van der Waals surface area contributed by atoms with Crippen LogP contribution in [-0.2, 0) is 0 Å². The van der Waals surface area contributed by atoms with Crippen molar-refractivity contribution in [1.29, 1.82) is 0 Å². The van der Waals surface area contributed by atoms with E-state index in [9.17, 15) is 0 Å². The van der Waals surface area contributed by atoms with Crippen LogP contribution in [0.1, 0.15) is 6.92 Å². The highest BCUT2D eigenvalue weighted by Gasteiger charge is 2.11. The first-order valence-electron chi connectivity index (χ1n) is 5.91. The molecule has 3 nitrogen and oxygen atoms in total. The zero-order valence-electron chi connectivity index (χ0n) is 10.1. The average molecular weight is 255 g/mol. The Labute approximate surface area is 110 Å². The Bertz CT molecular complexity index is 661. The van der Waals surface area contributed by atoms with Crippen LogP contribution in [0, 0.1) is 0 Å². The number of nitrogens with one attached hydrogen (secondary N) is 1. The minimum absolute atomic E-state index is 0.857. The highest BCUT2D eigenvalue weighted by Crippen LogP contribution is 2.36. The third kappa shape index (κ3) is 1.84. The van der Waals surface area contributed by atoms with Crippen LogP contribution in [0.25, 0.3) is 21.3 Å². The van der Waals surface area contributed by atoms with Gasteiger partial charge in [-0.2, -0.15) is 0 Å². The molecule has 0 fully saturated rings. The Morgan fingerprint density at radius 2 is 2.00 bits per heavy atom. The molecule has 0 bridgehead atoms. The Balaban J connectivity index is 2.24. The lowest BCUT2D eigenvalue weighted by atomic mass is 10.1. The molecule has 1 N–H and O–H groups in total. The normalized spacial score (nSPS) is 10.7. The molecule has 4 heteroatoms. The van der Waals surface area contributed by atoms with E-state index in [1.807, 2.05) is 6.07 Å². The van der Waals surface area contributed by atoms with Gasteiger partial charge in [-0.05, 0) is 12.5 Å². The summed E-state index contributed by atoms with van der Waals surface area (Å²) < 4.78 is 0. The minimum Gasteiger partial charge on any atom is -0.370 e. The van der Waals surface area contributed by atoms with E-state index in [1.165, 1.54) is 11.1 Å². The van der Waals surface area contributed by atoms with Crippen molar-refractivity contribution in [1.82, 2.24) is 9.97 Å². The summed E-state index contributed by atoms with van der Waals surface area (Å²) in [5, 5.41) is 6.57. The van der Waals surface area contributed by atoms with E-state index in [1.54, 1.807) is 17.7 Å². The van der Waals surface area contributed by atoms with E-state index >= 15 is 0 Å². The topological polar surface area (TPSA) is 37.8 Å². The fourth-order valence-electron chi connectivity index (χ4n) is 2.01. The smallest absolute Gasteiger partial charge is 0.138 e. The van der Waals surface area contributed by atoms with Gasteiger partial charge in [-0.1, -0.05) is 30.3 Å². The zero-order valence-corrected chi connectivity index (χ0v) is 10.9. The molecule has 0 spiro atoms. The molecule has 90 valence electrons. The number of thiophene rings is 1. The van der Waals surface area contributed by atoms with Crippen molar-refractivity contribution in [3.8, 4) is 11.1 Å². The largest absolute Gasteiger partial charge is 0.370 e. The molecule has 0 radical (unpaired) electrons. The number of hydrogen-bond donors (Lipinski definition) is 1. The lowest BCUT2D eigenvalue weighted by Gasteiger charge is -2.05. The summed E-state index contributed by atoms with van der Waals surface area (Å²) >= 11 is 1.66. The maximum absolute atomic E-state index is 4.34. The van der Waals surface area contributed by atoms with Gasteiger partial charge in [0.15, 0.2) is 0 Å². The summed E-state index contributed by atoms with van der Waals surface area (Å²) in [6.45, 7) is 2.93. The fraction of sp³-hybridized carbons (Fsp3) is 0.143. The highest BCUT2D eigenvalue weighted by atomic mass is 32.1. The van der Waals surface area contributed by atoms with E-state index in [4.69, 9.17) is 0 Å². The number of fused-ring (bicyclic) bond motifs is 1. The number of anilines is 1. The SMILES string of the molecule is CCNc1ncnc2scc(-c3ccccc3)c12. The third-order valence-electron chi connectivity index (χ3n) is 2.80. The summed E-state index contributed by atoms with van der Waals surface area (Å²) in [4.78, 5) is 9.70. The van der Waals surface area contributed by atoms with Gasteiger partial charge < -0.3 is 5.32 Å². The second-order valence-electron chi connectivity index (χ2n) is 3.95. The molecule has 18 heavy (non-hydrogen) atoms. The van der Waals surface area contributed by atoms with E-state index < -0.39 is 0 Å². The number of rotatable bonds is 3. The van der Waals surface area contributed by atoms with Gasteiger partial charge in [-0.15, -0.1) is 11.3 Å². The third-order valence-corrected chi connectivity index (χ3v) is 3.69. The van der Waals surface area contributed by atoms with Gasteiger partial charge in [0.1, 0.15) is 17.0 Å². The van der Waals surface area contributed by atoms with Crippen LogP contribution >= 0.6 is 11.3 Å². The second-order valence-corrected chi connectivity index (χ2v) is 4.81. The first-order valence-corrected chi connectivity index (χ1v) is 6.79. The van der Waals surface area contributed by atoms with Crippen molar-refractivity contribution >= 4 is 27.4 Å². The molecule has 0 amide bonds. The molecule has 0 atom stereocenters. The number of nitrogens with zero attached hydrogens (tertiary/aromatic N) is 2. The van der Waals surface area contributed by atoms with Gasteiger partial charge in [0.05, 0.1) is 5.39 Å². The molecule has 0 aliphatic rings. The van der Waals surface area contributed by atoms with Crippen LogP contribution in [-0.4, -0.2) is 16.5 Å². The summed E-state index contributed by atoms with van der Waals surface area (Å²) in [5.41, 5.74) is 2.41. The molecule has 1 aromatic carbocycles. The lowest BCUT2D eigenvalue weighted by Crippen LogP contribution is -2.00. The van der Waals surface area contributed by atoms with Crippen molar-refractivity contribution in [3.63, 3.8) is 0 Å². The summed E-state index contributed by atoms with van der Waals surface area (Å²) in [7, 11) is 0. The van der Waals surface area contributed by atoms with Gasteiger partial charge in [0.25, 0.3) is 0 Å². The number of aromatic nitrogens is 2. The number of hydrogen-bond acceptors (Lipinski definition) is 4. The van der Waals surface area contributed by atoms with E-state index in [0.29, 0.717) is 0 Å². The molecule has 0 aliphatic carbocycles. The van der Waals surface area contributed by atoms with Crippen molar-refractivity contribution < 1.29 is 0 Å². The van der Waals surface area contributed by atoms with Crippen LogP contribution in [0.4, 0.5) is 5.82 Å². The predicted molar refractivity (Wildman–Crippen MR) is 77.0 cm³/mol. The fourth-order valence-corrected chi connectivity index (χ4v) is 2.92. The molecule has 0 aliphatic heterocycles. The van der Waals surface area contributed by atoms with Crippen LogP contribution < -0.4 is 5.32 Å². The van der Waals surface area contributed by atoms with E-state index in [0.717, 1.165) is 22.6 Å². The monoisotopic (exact) mass is 255 g/mol. The Morgan fingerprint density at radius 3 is 2.78 bits per heavy atom. The Hall–Kier alpha value is -1.94. The minimum atomic E-state index is 0.857. The Kier molecular flexibility index (Phi) is 2.94. The molecule has 3 aromatic rings. The van der Waals surface area contributed by atoms with Gasteiger partial charge in [0.2, 0.25) is 0 Å². The molecule has 0 saturated carbocycles. The van der Waals surface area contributed by atoms with Crippen molar-refractivity contribution in [3.05, 3.63) is 42.0 Å². The van der Waals surface area contributed by atoms with Crippen molar-refractivity contribution in [2.45, 2.75) is 6.92 Å². The maximum atomic E-state index is 4.34. The summed E-state index contributed by atoms with van der Waals surface area (Å²) in [6, 6.07) is 10.4. The van der Waals surface area contributed by atoms with Crippen LogP contribution in [0.5, 0.6) is 0 Å². The second kappa shape index (κ2) is 4.74. The average Bonchev–Trinajstić information content (AvgIpc) is 2.85. The summed E-state index contributed by atoms with van der Waals surface area (Å²) in [6.07, 6.45) is 1.62. The zero-order chi connectivity index (χ0) is 12.4. The van der Waals surface area contributed by atoms with Gasteiger partial charge in [0, 0.05) is 17.5 Å². The quantitative estimate of drug-likeness (QED) is 0.773. The first-order chi connectivity index (χ1) is 8.90. The molecule has 0 saturated heterocycles. The Morgan fingerprint density at radius 1 is 1.17 bits per heavy atom. The van der Waals surface area contributed by atoms with Gasteiger partial charge >= 0.3 is 0 Å². The molecule has 2 aromatic heterocycles. The molecule has 0 unspecified atom stereocenters. The predicted octanol–water partition coefficient (Wildman–Crippen LogP) is 3.79. The van der Waals surface area contributed by atoms with E-state index in [2.05, 4.69) is 51.9 Å². The van der Waals surface area contributed by atoms with Crippen molar-refractivity contribution in [2.24, 2.45) is 0 Å². The molecular formula is C14H13N3S. The molecular weight excluding hydrogens is 242 g/mol. The lowest BCUT2D eigenvalue weighted by molar-refractivity contribution is 1.15. The first kappa shape index (κ1) is 11.2. The van der Waals surface area contributed by atoms with Crippen LogP contribution in [0.3, 0.4) is 0 Å². The molecule has 2 heterocycles. The highest BCUT2D eigenvalue weighted by molar-refractivity contribution is 7.17. The van der Waals surface area contributed by atoms with Crippen LogP contribution in [0.2, 0.25) is 0 Å². The molecule has 3 rings (SSSR count). The van der Waals surface area contributed by atoms with Crippen molar-refractivity contribution in [2.75, 3.05) is 11.9 Å². The van der Waals surface area contributed by atoms with Crippen LogP contribution in [0.15, 0.2) is 42.0 Å².